The van der Waals surface area contributed by atoms with Crippen LogP contribution in [0, 0.1) is 5.41 Å². The van der Waals surface area contributed by atoms with Crippen LogP contribution in [-0.4, -0.2) is 38.7 Å². The minimum Gasteiger partial charge on any atom is -0.384 e. The van der Waals surface area contributed by atoms with Crippen molar-refractivity contribution in [2.75, 3.05) is 11.4 Å². The fourth-order valence-corrected chi connectivity index (χ4v) is 4.99. The highest BCUT2D eigenvalue weighted by molar-refractivity contribution is 7.89. The fraction of sp³-hybridized carbons (Fsp3) is 0.160. The van der Waals surface area contributed by atoms with E-state index in [0.717, 1.165) is 12.1 Å². The molecule has 0 saturated carbocycles. The van der Waals surface area contributed by atoms with Crippen molar-refractivity contribution >= 4 is 33.4 Å². The van der Waals surface area contributed by atoms with E-state index in [4.69, 9.17) is 16.3 Å². The standard InChI is InChI=1S/C25H25N5O4S/c26-23(27)17-5-3-6-18(15-17)24(31)29-25(32)21-8-4-14-30(21)19-12-10-16(11-13-19)20-7-1-2-9-22(20)35(28,33)34/h1-3,5-7,9-13,15,21H,4,8,14H2,(H3,26,27)(H2,28,33,34)(H,29,31,32)/t21-/m0/s1. The van der Waals surface area contributed by atoms with Crippen molar-refractivity contribution in [1.82, 2.24) is 5.32 Å². The number of amidine groups is 1. The maximum atomic E-state index is 13.0. The summed E-state index contributed by atoms with van der Waals surface area (Å²) in [6.07, 6.45) is 1.37. The van der Waals surface area contributed by atoms with Crippen LogP contribution in [0.3, 0.4) is 0 Å². The molecule has 1 heterocycles. The average molecular weight is 492 g/mol. The highest BCUT2D eigenvalue weighted by Crippen LogP contribution is 2.31. The number of anilines is 1. The summed E-state index contributed by atoms with van der Waals surface area (Å²) in [5, 5.41) is 15.3. The summed E-state index contributed by atoms with van der Waals surface area (Å²) in [5.74, 6) is -1.13. The second kappa shape index (κ2) is 9.69. The molecule has 180 valence electrons. The second-order valence-corrected chi connectivity index (χ2v) is 9.78. The van der Waals surface area contributed by atoms with Gasteiger partial charge >= 0.3 is 0 Å². The van der Waals surface area contributed by atoms with E-state index < -0.39 is 27.9 Å². The molecule has 0 aliphatic carbocycles. The Morgan fingerprint density at radius 1 is 0.971 bits per heavy atom. The van der Waals surface area contributed by atoms with Gasteiger partial charge in [-0.05, 0) is 48.7 Å². The van der Waals surface area contributed by atoms with Gasteiger partial charge in [-0.15, -0.1) is 0 Å². The molecular formula is C25H25N5O4S. The number of imide groups is 1. The maximum absolute atomic E-state index is 13.0. The number of carbonyl (C=O) groups is 2. The van der Waals surface area contributed by atoms with Crippen molar-refractivity contribution in [3.05, 3.63) is 83.9 Å². The fourth-order valence-electron chi connectivity index (χ4n) is 4.23. The van der Waals surface area contributed by atoms with Crippen LogP contribution in [0.4, 0.5) is 5.69 Å². The number of nitrogen functional groups attached to an aromatic ring is 1. The van der Waals surface area contributed by atoms with Crippen LogP contribution in [-0.2, 0) is 14.8 Å². The van der Waals surface area contributed by atoms with Crippen LogP contribution >= 0.6 is 0 Å². The molecule has 1 aliphatic heterocycles. The summed E-state index contributed by atoms with van der Waals surface area (Å²) in [4.78, 5) is 27.5. The van der Waals surface area contributed by atoms with Gasteiger partial charge in [-0.2, -0.15) is 0 Å². The normalized spacial score (nSPS) is 15.6. The largest absolute Gasteiger partial charge is 0.384 e. The van der Waals surface area contributed by atoms with Gasteiger partial charge in [-0.3, -0.25) is 20.3 Å². The third-order valence-electron chi connectivity index (χ3n) is 5.93. The molecule has 1 atom stereocenters. The van der Waals surface area contributed by atoms with Gasteiger partial charge in [0.05, 0.1) is 4.90 Å². The van der Waals surface area contributed by atoms with Crippen molar-refractivity contribution in [3.63, 3.8) is 0 Å². The maximum Gasteiger partial charge on any atom is 0.257 e. The zero-order valence-corrected chi connectivity index (χ0v) is 19.6. The number of carbonyl (C=O) groups excluding carboxylic acids is 2. The molecule has 0 spiro atoms. The molecule has 0 aromatic heterocycles. The Kier molecular flexibility index (Phi) is 6.68. The van der Waals surface area contributed by atoms with Gasteiger partial charge in [0.2, 0.25) is 15.9 Å². The van der Waals surface area contributed by atoms with Gasteiger partial charge in [0.1, 0.15) is 11.9 Å². The summed E-state index contributed by atoms with van der Waals surface area (Å²) in [6.45, 7) is 0.638. The van der Waals surface area contributed by atoms with E-state index in [9.17, 15) is 18.0 Å². The van der Waals surface area contributed by atoms with E-state index >= 15 is 0 Å². The van der Waals surface area contributed by atoms with Crippen LogP contribution < -0.4 is 21.1 Å². The number of nitrogens with one attached hydrogen (secondary N) is 2. The SMILES string of the molecule is N=C(N)c1cccc(C(=O)NC(=O)[C@@H]2CCCN2c2ccc(-c3ccccc3S(N)(=O)=O)cc2)c1. The number of nitrogens with zero attached hydrogens (tertiary/aromatic N) is 1. The molecule has 1 fully saturated rings. The van der Waals surface area contributed by atoms with Gasteiger partial charge in [0.25, 0.3) is 5.91 Å². The monoisotopic (exact) mass is 491 g/mol. The molecular weight excluding hydrogens is 466 g/mol. The van der Waals surface area contributed by atoms with E-state index in [-0.39, 0.29) is 16.3 Å². The van der Waals surface area contributed by atoms with Gasteiger partial charge < -0.3 is 10.6 Å². The van der Waals surface area contributed by atoms with E-state index in [2.05, 4.69) is 5.32 Å². The van der Waals surface area contributed by atoms with Crippen LogP contribution in [0.1, 0.15) is 28.8 Å². The van der Waals surface area contributed by atoms with Gasteiger partial charge in [0, 0.05) is 28.9 Å². The topological polar surface area (TPSA) is 159 Å². The number of rotatable bonds is 6. The van der Waals surface area contributed by atoms with Crippen LogP contribution in [0.15, 0.2) is 77.7 Å². The highest BCUT2D eigenvalue weighted by atomic mass is 32.2. The third-order valence-corrected chi connectivity index (χ3v) is 6.90. The number of sulfonamides is 1. The Hall–Kier alpha value is -4.02. The molecule has 3 aromatic carbocycles. The van der Waals surface area contributed by atoms with Crippen molar-refractivity contribution in [2.45, 2.75) is 23.8 Å². The lowest BCUT2D eigenvalue weighted by Gasteiger charge is -2.26. The molecule has 6 N–H and O–H groups in total. The molecule has 10 heteroatoms. The van der Waals surface area contributed by atoms with Gasteiger partial charge in [-0.25, -0.2) is 13.6 Å². The second-order valence-electron chi connectivity index (χ2n) is 8.25. The molecule has 2 amide bonds. The Balaban J connectivity index is 1.51. The van der Waals surface area contributed by atoms with Crippen molar-refractivity contribution < 1.29 is 18.0 Å². The lowest BCUT2D eigenvalue weighted by Crippen LogP contribution is -2.45. The molecule has 3 aromatic rings. The predicted octanol–water partition coefficient (Wildman–Crippen LogP) is 2.21. The summed E-state index contributed by atoms with van der Waals surface area (Å²) >= 11 is 0. The number of hydrogen-bond donors (Lipinski definition) is 4. The molecule has 35 heavy (non-hydrogen) atoms. The number of amides is 2. The lowest BCUT2D eigenvalue weighted by atomic mass is 10.0. The van der Waals surface area contributed by atoms with E-state index in [1.165, 1.54) is 12.1 Å². The third kappa shape index (κ3) is 5.23. The van der Waals surface area contributed by atoms with Crippen molar-refractivity contribution in [1.29, 1.82) is 5.41 Å². The summed E-state index contributed by atoms with van der Waals surface area (Å²) in [7, 11) is -3.88. The number of primary sulfonamides is 1. The van der Waals surface area contributed by atoms with Crippen molar-refractivity contribution in [3.8, 4) is 11.1 Å². The Labute approximate surface area is 203 Å². The van der Waals surface area contributed by atoms with E-state index in [1.54, 1.807) is 48.5 Å². The molecule has 0 bridgehead atoms. The van der Waals surface area contributed by atoms with Gasteiger partial charge in [-0.1, -0.05) is 42.5 Å². The van der Waals surface area contributed by atoms with Crippen LogP contribution in [0.2, 0.25) is 0 Å². The zero-order valence-electron chi connectivity index (χ0n) is 18.8. The first kappa shape index (κ1) is 24.1. The Bertz CT molecular complexity index is 1400. The van der Waals surface area contributed by atoms with Crippen molar-refractivity contribution in [2.24, 2.45) is 10.9 Å². The molecule has 1 saturated heterocycles. The average Bonchev–Trinajstić information content (AvgIpc) is 3.34. The zero-order chi connectivity index (χ0) is 25.2. The summed E-state index contributed by atoms with van der Waals surface area (Å²) < 4.78 is 23.9. The minimum atomic E-state index is -3.88. The molecule has 1 aliphatic rings. The first-order chi connectivity index (χ1) is 16.6. The lowest BCUT2D eigenvalue weighted by molar-refractivity contribution is -0.121. The minimum absolute atomic E-state index is 0.0403. The molecule has 0 unspecified atom stereocenters. The number of hydrogen-bond acceptors (Lipinski definition) is 6. The summed E-state index contributed by atoms with van der Waals surface area (Å²) in [6, 6.07) is 19.4. The van der Waals surface area contributed by atoms with Crippen LogP contribution in [0.5, 0.6) is 0 Å². The smallest absolute Gasteiger partial charge is 0.257 e. The van der Waals surface area contributed by atoms with Crippen LogP contribution in [0.25, 0.3) is 11.1 Å². The molecule has 4 rings (SSSR count). The van der Waals surface area contributed by atoms with E-state index in [1.807, 2.05) is 17.0 Å². The predicted molar refractivity (Wildman–Crippen MR) is 134 cm³/mol. The summed E-state index contributed by atoms with van der Waals surface area (Å²) in [5.41, 5.74) is 8.09. The highest BCUT2D eigenvalue weighted by Gasteiger charge is 2.32. The number of benzene rings is 3. The van der Waals surface area contributed by atoms with Gasteiger partial charge in [0.15, 0.2) is 0 Å². The molecule has 0 radical (unpaired) electrons. The van der Waals surface area contributed by atoms with E-state index in [0.29, 0.717) is 29.7 Å². The number of nitrogens with two attached hydrogens (primary N) is 2. The quantitative estimate of drug-likeness (QED) is 0.235. The molecule has 9 nitrogen and oxygen atoms in total. The first-order valence-corrected chi connectivity index (χ1v) is 12.5. The Morgan fingerprint density at radius 3 is 2.34 bits per heavy atom. The Morgan fingerprint density at radius 2 is 1.66 bits per heavy atom. The first-order valence-electron chi connectivity index (χ1n) is 10.9.